The Kier molecular flexibility index (Phi) is 4.23. The summed E-state index contributed by atoms with van der Waals surface area (Å²) in [7, 11) is 0. The van der Waals surface area contributed by atoms with E-state index < -0.39 is 0 Å². The van der Waals surface area contributed by atoms with Crippen molar-refractivity contribution in [2.24, 2.45) is 11.8 Å². The lowest BCUT2D eigenvalue weighted by molar-refractivity contribution is 0.0891. The molecule has 1 amide bonds. The van der Waals surface area contributed by atoms with E-state index in [2.05, 4.69) is 24.1 Å². The van der Waals surface area contributed by atoms with Crippen LogP contribution in [0.3, 0.4) is 0 Å². The molecule has 3 nitrogen and oxygen atoms in total. The van der Waals surface area contributed by atoms with Gasteiger partial charge in [-0.2, -0.15) is 0 Å². The van der Waals surface area contributed by atoms with Gasteiger partial charge < -0.3 is 5.32 Å². The zero-order chi connectivity index (χ0) is 13.1. The van der Waals surface area contributed by atoms with Gasteiger partial charge in [-0.25, -0.2) is 0 Å². The highest BCUT2D eigenvalue weighted by Gasteiger charge is 2.28. The van der Waals surface area contributed by atoms with Crippen LogP contribution in [0.2, 0.25) is 5.02 Å². The van der Waals surface area contributed by atoms with Crippen molar-refractivity contribution in [3.05, 3.63) is 29.0 Å². The van der Waals surface area contributed by atoms with E-state index in [0.29, 0.717) is 22.4 Å². The van der Waals surface area contributed by atoms with Gasteiger partial charge in [0.2, 0.25) is 0 Å². The van der Waals surface area contributed by atoms with Gasteiger partial charge in [0.05, 0.1) is 10.6 Å². The molecule has 0 saturated heterocycles. The molecule has 0 aliphatic heterocycles. The van der Waals surface area contributed by atoms with E-state index in [9.17, 15) is 4.79 Å². The van der Waals surface area contributed by atoms with Crippen LogP contribution < -0.4 is 5.32 Å². The fourth-order valence-electron chi connectivity index (χ4n) is 2.58. The molecule has 0 bridgehead atoms. The zero-order valence-electron chi connectivity index (χ0n) is 10.8. The largest absolute Gasteiger partial charge is 0.349 e. The van der Waals surface area contributed by atoms with Gasteiger partial charge in [0.15, 0.2) is 0 Å². The standard InChI is InChI=1S/C14H19ClN2O/c1-9-4-3-5-13(10(9)2)17-14(18)11-8-16-7-6-12(11)15/h6-10,13H,3-5H2,1-2H3,(H,17,18). The smallest absolute Gasteiger partial charge is 0.254 e. The lowest BCUT2D eigenvalue weighted by Gasteiger charge is -2.34. The minimum atomic E-state index is -0.112. The average molecular weight is 267 g/mol. The van der Waals surface area contributed by atoms with Crippen LogP contribution in [0.4, 0.5) is 0 Å². The molecule has 1 aromatic rings. The van der Waals surface area contributed by atoms with Gasteiger partial charge in [-0.05, 0) is 24.3 Å². The van der Waals surface area contributed by atoms with Crippen molar-refractivity contribution >= 4 is 17.5 Å². The normalized spacial score (nSPS) is 27.8. The molecule has 4 heteroatoms. The number of carbonyl (C=O) groups excluding carboxylic acids is 1. The van der Waals surface area contributed by atoms with Crippen molar-refractivity contribution < 1.29 is 4.79 Å². The van der Waals surface area contributed by atoms with Crippen molar-refractivity contribution in [3.63, 3.8) is 0 Å². The van der Waals surface area contributed by atoms with Crippen molar-refractivity contribution in [1.29, 1.82) is 0 Å². The molecule has 0 aromatic carbocycles. The third kappa shape index (κ3) is 2.83. The Balaban J connectivity index is 2.05. The maximum Gasteiger partial charge on any atom is 0.254 e. The van der Waals surface area contributed by atoms with Gasteiger partial charge >= 0.3 is 0 Å². The molecule has 1 saturated carbocycles. The molecule has 1 aromatic heterocycles. The van der Waals surface area contributed by atoms with Gasteiger partial charge in [0.25, 0.3) is 5.91 Å². The Morgan fingerprint density at radius 1 is 1.44 bits per heavy atom. The van der Waals surface area contributed by atoms with Gasteiger partial charge in [-0.3, -0.25) is 9.78 Å². The second-order valence-electron chi connectivity index (χ2n) is 5.20. The zero-order valence-corrected chi connectivity index (χ0v) is 11.6. The van der Waals surface area contributed by atoms with Gasteiger partial charge in [0, 0.05) is 18.4 Å². The maximum atomic E-state index is 12.2. The van der Waals surface area contributed by atoms with E-state index in [4.69, 9.17) is 11.6 Å². The van der Waals surface area contributed by atoms with E-state index in [-0.39, 0.29) is 11.9 Å². The number of carbonyl (C=O) groups is 1. The first-order valence-electron chi connectivity index (χ1n) is 6.50. The number of rotatable bonds is 2. The number of nitrogens with one attached hydrogen (secondary N) is 1. The van der Waals surface area contributed by atoms with E-state index in [1.807, 2.05) is 0 Å². The molecule has 0 spiro atoms. The first-order valence-corrected chi connectivity index (χ1v) is 6.87. The molecule has 1 N–H and O–H groups in total. The molecule has 18 heavy (non-hydrogen) atoms. The Bertz CT molecular complexity index is 436. The summed E-state index contributed by atoms with van der Waals surface area (Å²) in [6.45, 7) is 4.46. The molecular formula is C14H19ClN2O. The van der Waals surface area contributed by atoms with E-state index >= 15 is 0 Å². The first kappa shape index (κ1) is 13.3. The maximum absolute atomic E-state index is 12.2. The molecule has 1 aliphatic rings. The third-order valence-corrected chi connectivity index (χ3v) is 4.37. The van der Waals surface area contributed by atoms with Crippen LogP contribution >= 0.6 is 11.6 Å². The SMILES string of the molecule is CC1CCCC(NC(=O)c2cnccc2Cl)C1C. The van der Waals surface area contributed by atoms with Gasteiger partial charge in [-0.15, -0.1) is 0 Å². The highest BCUT2D eigenvalue weighted by molar-refractivity contribution is 6.33. The predicted molar refractivity (Wildman–Crippen MR) is 72.7 cm³/mol. The summed E-state index contributed by atoms with van der Waals surface area (Å²) in [5.74, 6) is 1.06. The molecule has 1 heterocycles. The Morgan fingerprint density at radius 3 is 2.94 bits per heavy atom. The fourth-order valence-corrected chi connectivity index (χ4v) is 2.77. The number of hydrogen-bond acceptors (Lipinski definition) is 2. The monoisotopic (exact) mass is 266 g/mol. The lowest BCUT2D eigenvalue weighted by Crippen LogP contribution is -2.43. The van der Waals surface area contributed by atoms with E-state index in [1.165, 1.54) is 19.0 Å². The molecule has 3 atom stereocenters. The van der Waals surface area contributed by atoms with Crippen LogP contribution in [0, 0.1) is 11.8 Å². The third-order valence-electron chi connectivity index (χ3n) is 4.04. The molecule has 3 unspecified atom stereocenters. The Labute approximate surface area is 113 Å². The summed E-state index contributed by atoms with van der Waals surface area (Å²) in [6, 6.07) is 1.89. The molecule has 1 fully saturated rings. The highest BCUT2D eigenvalue weighted by atomic mass is 35.5. The van der Waals surface area contributed by atoms with Crippen molar-refractivity contribution in [3.8, 4) is 0 Å². The molecule has 2 rings (SSSR count). The highest BCUT2D eigenvalue weighted by Crippen LogP contribution is 2.29. The number of amides is 1. The molecule has 1 aliphatic carbocycles. The first-order chi connectivity index (χ1) is 8.59. The number of hydrogen-bond donors (Lipinski definition) is 1. The predicted octanol–water partition coefficient (Wildman–Crippen LogP) is 3.29. The molecule has 98 valence electrons. The lowest BCUT2D eigenvalue weighted by atomic mass is 9.78. The minimum Gasteiger partial charge on any atom is -0.349 e. The number of nitrogens with zero attached hydrogens (tertiary/aromatic N) is 1. The van der Waals surface area contributed by atoms with Crippen LogP contribution in [-0.4, -0.2) is 16.9 Å². The Morgan fingerprint density at radius 2 is 2.22 bits per heavy atom. The topological polar surface area (TPSA) is 42.0 Å². The van der Waals surface area contributed by atoms with Gasteiger partial charge in [0.1, 0.15) is 0 Å². The number of pyridine rings is 1. The van der Waals surface area contributed by atoms with Crippen LogP contribution in [0.5, 0.6) is 0 Å². The van der Waals surface area contributed by atoms with Crippen LogP contribution in [0.15, 0.2) is 18.5 Å². The fraction of sp³-hybridized carbons (Fsp3) is 0.571. The summed E-state index contributed by atoms with van der Waals surface area (Å²) in [5, 5.41) is 3.55. The van der Waals surface area contributed by atoms with Crippen molar-refractivity contribution in [2.45, 2.75) is 39.2 Å². The van der Waals surface area contributed by atoms with Crippen molar-refractivity contribution in [1.82, 2.24) is 10.3 Å². The van der Waals surface area contributed by atoms with Crippen LogP contribution in [0.25, 0.3) is 0 Å². The summed E-state index contributed by atoms with van der Waals surface area (Å²) in [5.41, 5.74) is 0.463. The minimum absolute atomic E-state index is 0.112. The number of aromatic nitrogens is 1. The average Bonchev–Trinajstić information content (AvgIpc) is 2.35. The summed E-state index contributed by atoms with van der Waals surface area (Å²) in [4.78, 5) is 16.1. The van der Waals surface area contributed by atoms with Crippen molar-refractivity contribution in [2.75, 3.05) is 0 Å². The number of halogens is 1. The second-order valence-corrected chi connectivity index (χ2v) is 5.61. The summed E-state index contributed by atoms with van der Waals surface area (Å²) < 4.78 is 0. The van der Waals surface area contributed by atoms with Crippen LogP contribution in [0.1, 0.15) is 43.5 Å². The van der Waals surface area contributed by atoms with E-state index in [0.717, 1.165) is 6.42 Å². The van der Waals surface area contributed by atoms with Crippen LogP contribution in [-0.2, 0) is 0 Å². The quantitative estimate of drug-likeness (QED) is 0.893. The molecular weight excluding hydrogens is 248 g/mol. The van der Waals surface area contributed by atoms with E-state index in [1.54, 1.807) is 12.3 Å². The summed E-state index contributed by atoms with van der Waals surface area (Å²) >= 11 is 6.00. The second kappa shape index (κ2) is 5.70. The van der Waals surface area contributed by atoms with Gasteiger partial charge in [-0.1, -0.05) is 38.3 Å². The molecule has 0 radical (unpaired) electrons. The summed E-state index contributed by atoms with van der Waals surface area (Å²) in [6.07, 6.45) is 6.59. The Hall–Kier alpha value is -1.09.